The van der Waals surface area contributed by atoms with E-state index in [0.717, 1.165) is 0 Å². The molecular formula is C25H32O4Si. The fourth-order valence-corrected chi connectivity index (χ4v) is 9.47. The van der Waals surface area contributed by atoms with Crippen molar-refractivity contribution in [3.05, 3.63) is 60.7 Å². The molecule has 2 aromatic rings. The zero-order valence-corrected chi connectivity index (χ0v) is 19.6. The third-order valence-electron chi connectivity index (χ3n) is 6.35. The van der Waals surface area contributed by atoms with Gasteiger partial charge in [0.15, 0.2) is 0 Å². The third kappa shape index (κ3) is 4.14. The highest BCUT2D eigenvalue weighted by Crippen LogP contribution is 2.41. The van der Waals surface area contributed by atoms with Crippen molar-refractivity contribution in [2.45, 2.75) is 51.7 Å². The molecule has 0 saturated heterocycles. The number of methoxy groups -OCH3 is 1. The summed E-state index contributed by atoms with van der Waals surface area (Å²) in [7, 11) is -1.41. The Labute approximate surface area is 180 Å². The predicted molar refractivity (Wildman–Crippen MR) is 121 cm³/mol. The van der Waals surface area contributed by atoms with Crippen LogP contribution >= 0.6 is 0 Å². The summed E-state index contributed by atoms with van der Waals surface area (Å²) in [5.74, 6) is -0.825. The van der Waals surface area contributed by atoms with Gasteiger partial charge in [-0.15, -0.1) is 0 Å². The van der Waals surface area contributed by atoms with Gasteiger partial charge in [-0.3, -0.25) is 9.59 Å². The van der Waals surface area contributed by atoms with Crippen molar-refractivity contribution in [2.75, 3.05) is 7.11 Å². The lowest BCUT2D eigenvalue weighted by molar-refractivity contribution is -0.153. The summed E-state index contributed by atoms with van der Waals surface area (Å²) in [6.07, 6.45) is 0.231. The fraction of sp³-hybridized carbons (Fsp3) is 0.440. The lowest BCUT2D eigenvalue weighted by Gasteiger charge is -2.47. The summed E-state index contributed by atoms with van der Waals surface area (Å²) in [4.78, 5) is 24.9. The van der Waals surface area contributed by atoms with Gasteiger partial charge in [0.25, 0.3) is 8.32 Å². The Morgan fingerprint density at radius 3 is 1.87 bits per heavy atom. The van der Waals surface area contributed by atoms with Crippen LogP contribution in [-0.2, 0) is 18.8 Å². The summed E-state index contributed by atoms with van der Waals surface area (Å²) < 4.78 is 12.1. The molecule has 1 aliphatic rings. The number of ether oxygens (including phenoxy) is 1. The average Bonchev–Trinajstić information content (AvgIpc) is 2.73. The highest BCUT2D eigenvalue weighted by atomic mass is 28.4. The van der Waals surface area contributed by atoms with Crippen LogP contribution in [0.25, 0.3) is 0 Å². The van der Waals surface area contributed by atoms with Crippen molar-refractivity contribution in [3.8, 4) is 0 Å². The number of carbonyl (C=O) groups excluding carboxylic acids is 2. The molecule has 3 rings (SSSR count). The minimum absolute atomic E-state index is 0.0615. The van der Waals surface area contributed by atoms with Gasteiger partial charge < -0.3 is 9.16 Å². The second kappa shape index (κ2) is 8.86. The number of rotatable bonds is 5. The standard InChI is InChI=1S/C25H32O4Si/c1-18-22(24(27)28-5)16-19(26)17-23(18)29-30(25(2,3)4,20-12-8-6-9-13-20)21-14-10-7-11-15-21/h6-15,18,22-23H,16-17H2,1-5H3/t18-,22+,23-/m0/s1. The van der Waals surface area contributed by atoms with Crippen molar-refractivity contribution >= 4 is 30.4 Å². The summed E-state index contributed by atoms with van der Waals surface area (Å²) in [6, 6.07) is 20.7. The first-order valence-electron chi connectivity index (χ1n) is 10.6. The first kappa shape index (κ1) is 22.4. The maximum Gasteiger partial charge on any atom is 0.309 e. The Bertz CT molecular complexity index is 834. The monoisotopic (exact) mass is 424 g/mol. The first-order chi connectivity index (χ1) is 14.2. The Morgan fingerprint density at radius 2 is 1.43 bits per heavy atom. The summed E-state index contributed by atoms with van der Waals surface area (Å²) in [6.45, 7) is 8.65. The Balaban J connectivity index is 2.14. The van der Waals surface area contributed by atoms with E-state index in [2.05, 4.69) is 45.0 Å². The molecule has 0 bridgehead atoms. The van der Waals surface area contributed by atoms with Gasteiger partial charge in [-0.25, -0.2) is 0 Å². The number of carbonyl (C=O) groups is 2. The molecular weight excluding hydrogens is 392 g/mol. The second-order valence-electron chi connectivity index (χ2n) is 9.26. The zero-order chi connectivity index (χ0) is 21.9. The summed E-state index contributed by atoms with van der Waals surface area (Å²) in [5, 5.41) is 2.16. The van der Waals surface area contributed by atoms with E-state index in [-0.39, 0.29) is 35.2 Å². The van der Waals surface area contributed by atoms with Gasteiger partial charge in [-0.2, -0.15) is 0 Å². The molecule has 1 fully saturated rings. The van der Waals surface area contributed by atoms with Crippen molar-refractivity contribution in [1.29, 1.82) is 0 Å². The molecule has 0 aliphatic heterocycles. The SMILES string of the molecule is COC(=O)[C@@H]1CC(=O)C[C@H](O[Si](c2ccccc2)(c2ccccc2)C(C)(C)C)[C@H]1C. The van der Waals surface area contributed by atoms with Gasteiger partial charge in [0.05, 0.1) is 19.1 Å². The van der Waals surface area contributed by atoms with Gasteiger partial charge in [0.2, 0.25) is 0 Å². The largest absolute Gasteiger partial charge is 0.469 e. The molecule has 0 N–H and O–H groups in total. The van der Waals surface area contributed by atoms with E-state index >= 15 is 0 Å². The third-order valence-corrected chi connectivity index (χ3v) is 11.4. The Kier molecular flexibility index (Phi) is 6.63. The van der Waals surface area contributed by atoms with E-state index in [1.54, 1.807) is 0 Å². The topological polar surface area (TPSA) is 52.6 Å². The minimum Gasteiger partial charge on any atom is -0.469 e. The van der Waals surface area contributed by atoms with E-state index in [4.69, 9.17) is 9.16 Å². The molecule has 0 spiro atoms. The van der Waals surface area contributed by atoms with E-state index in [9.17, 15) is 9.59 Å². The highest BCUT2D eigenvalue weighted by molar-refractivity contribution is 6.99. The molecule has 160 valence electrons. The molecule has 0 amide bonds. The average molecular weight is 425 g/mol. The van der Waals surface area contributed by atoms with E-state index in [0.29, 0.717) is 6.42 Å². The van der Waals surface area contributed by atoms with Crippen LogP contribution in [0.2, 0.25) is 5.04 Å². The normalized spacial score (nSPS) is 22.6. The second-order valence-corrected chi connectivity index (χ2v) is 13.5. The van der Waals surface area contributed by atoms with Crippen molar-refractivity contribution in [3.63, 3.8) is 0 Å². The van der Waals surface area contributed by atoms with Crippen LogP contribution in [0.3, 0.4) is 0 Å². The van der Waals surface area contributed by atoms with Crippen LogP contribution in [0.5, 0.6) is 0 Å². The Morgan fingerprint density at radius 1 is 0.933 bits per heavy atom. The molecule has 30 heavy (non-hydrogen) atoms. The number of ketones is 1. The molecule has 0 radical (unpaired) electrons. The van der Waals surface area contributed by atoms with Crippen LogP contribution < -0.4 is 10.4 Å². The van der Waals surface area contributed by atoms with Crippen LogP contribution in [0.15, 0.2) is 60.7 Å². The zero-order valence-electron chi connectivity index (χ0n) is 18.6. The van der Waals surface area contributed by atoms with E-state index in [1.165, 1.54) is 17.5 Å². The van der Waals surface area contributed by atoms with Crippen LogP contribution in [0, 0.1) is 11.8 Å². The predicted octanol–water partition coefficient (Wildman–Crippen LogP) is 3.72. The van der Waals surface area contributed by atoms with Crippen molar-refractivity contribution in [1.82, 2.24) is 0 Å². The Hall–Kier alpha value is -2.24. The molecule has 5 heteroatoms. The number of Topliss-reactive ketones (excluding diaryl/α,β-unsaturated/α-hetero) is 1. The fourth-order valence-electron chi connectivity index (χ4n) is 4.70. The maximum atomic E-state index is 12.6. The van der Waals surface area contributed by atoms with Crippen molar-refractivity contribution < 1.29 is 18.8 Å². The molecule has 0 unspecified atom stereocenters. The number of benzene rings is 2. The summed E-state index contributed by atoms with van der Waals surface area (Å²) in [5.41, 5.74) is 0. The molecule has 4 nitrogen and oxygen atoms in total. The minimum atomic E-state index is -2.79. The number of hydrogen-bond acceptors (Lipinski definition) is 4. The lowest BCUT2D eigenvalue weighted by atomic mass is 9.78. The van der Waals surface area contributed by atoms with Crippen molar-refractivity contribution in [2.24, 2.45) is 11.8 Å². The van der Waals surface area contributed by atoms with Gasteiger partial charge in [-0.05, 0) is 21.3 Å². The number of esters is 1. The molecule has 2 aromatic carbocycles. The van der Waals surface area contributed by atoms with Crippen LogP contribution in [-0.4, -0.2) is 33.3 Å². The highest BCUT2D eigenvalue weighted by Gasteiger charge is 2.53. The number of hydrogen-bond donors (Lipinski definition) is 0. The first-order valence-corrected chi connectivity index (χ1v) is 12.5. The lowest BCUT2D eigenvalue weighted by Crippen LogP contribution is -2.68. The van der Waals surface area contributed by atoms with Gasteiger partial charge in [-0.1, -0.05) is 88.4 Å². The maximum absolute atomic E-state index is 12.6. The molecule has 1 saturated carbocycles. The molecule has 3 atom stereocenters. The van der Waals surface area contributed by atoms with Gasteiger partial charge in [0, 0.05) is 12.8 Å². The van der Waals surface area contributed by atoms with Crippen LogP contribution in [0.4, 0.5) is 0 Å². The quantitative estimate of drug-likeness (QED) is 0.542. The smallest absolute Gasteiger partial charge is 0.309 e. The van der Waals surface area contributed by atoms with E-state index in [1.807, 2.05) is 43.3 Å². The van der Waals surface area contributed by atoms with Crippen LogP contribution in [0.1, 0.15) is 40.5 Å². The molecule has 1 aliphatic carbocycles. The molecule has 0 heterocycles. The van der Waals surface area contributed by atoms with Gasteiger partial charge in [0.1, 0.15) is 5.78 Å². The summed E-state index contributed by atoms with van der Waals surface area (Å²) >= 11 is 0. The van der Waals surface area contributed by atoms with E-state index < -0.39 is 14.2 Å². The molecule has 0 aromatic heterocycles. The van der Waals surface area contributed by atoms with Gasteiger partial charge >= 0.3 is 5.97 Å².